The Morgan fingerprint density at radius 1 is 0.920 bits per heavy atom. The molecule has 0 aromatic heterocycles. The number of hydrogen-bond donors (Lipinski definition) is 1. The first-order valence-electron chi connectivity index (χ1n) is 8.63. The molecule has 136 valence electrons. The van der Waals surface area contributed by atoms with Gasteiger partial charge in [-0.3, -0.25) is 0 Å². The normalized spacial score (nSPS) is 14.4. The fourth-order valence-electron chi connectivity index (χ4n) is 2.72. The Kier molecular flexibility index (Phi) is 6.76. The van der Waals surface area contributed by atoms with Gasteiger partial charge in [0.1, 0.15) is 0 Å². The van der Waals surface area contributed by atoms with Crippen LogP contribution in [0.3, 0.4) is 0 Å². The Morgan fingerprint density at radius 2 is 1.52 bits per heavy atom. The van der Waals surface area contributed by atoms with E-state index in [1.807, 2.05) is 18.2 Å². The summed E-state index contributed by atoms with van der Waals surface area (Å²) in [6.45, 7) is 5.25. The van der Waals surface area contributed by atoms with E-state index in [0.29, 0.717) is 10.8 Å². The molecule has 2 rings (SSSR count). The SMILES string of the molecule is CC(CCNC(C)c1ccc(S(=O)(=O)N(C)C)cc1)c1ccccc1. The summed E-state index contributed by atoms with van der Waals surface area (Å²) in [5, 5.41) is 3.52. The van der Waals surface area contributed by atoms with E-state index < -0.39 is 10.0 Å². The van der Waals surface area contributed by atoms with E-state index >= 15 is 0 Å². The maximum atomic E-state index is 12.1. The molecule has 1 N–H and O–H groups in total. The molecule has 0 aliphatic heterocycles. The number of hydrogen-bond acceptors (Lipinski definition) is 3. The van der Waals surface area contributed by atoms with E-state index in [1.54, 1.807) is 26.2 Å². The fraction of sp³-hybridized carbons (Fsp3) is 0.400. The van der Waals surface area contributed by atoms with Crippen LogP contribution in [0.15, 0.2) is 59.5 Å². The monoisotopic (exact) mass is 360 g/mol. The highest BCUT2D eigenvalue weighted by atomic mass is 32.2. The van der Waals surface area contributed by atoms with E-state index in [2.05, 4.69) is 43.4 Å². The van der Waals surface area contributed by atoms with Crippen LogP contribution in [0, 0.1) is 0 Å². The number of benzene rings is 2. The molecule has 4 nitrogen and oxygen atoms in total. The Labute approximate surface area is 151 Å². The topological polar surface area (TPSA) is 49.4 Å². The van der Waals surface area contributed by atoms with Crippen LogP contribution in [0.2, 0.25) is 0 Å². The second kappa shape index (κ2) is 8.61. The van der Waals surface area contributed by atoms with E-state index in [1.165, 1.54) is 9.87 Å². The average molecular weight is 361 g/mol. The molecule has 0 spiro atoms. The van der Waals surface area contributed by atoms with Gasteiger partial charge in [0.15, 0.2) is 0 Å². The van der Waals surface area contributed by atoms with E-state index in [4.69, 9.17) is 0 Å². The van der Waals surface area contributed by atoms with Crippen LogP contribution < -0.4 is 5.32 Å². The van der Waals surface area contributed by atoms with Gasteiger partial charge in [0.05, 0.1) is 4.90 Å². The molecule has 2 aromatic rings. The maximum absolute atomic E-state index is 12.1. The first-order valence-corrected chi connectivity index (χ1v) is 10.1. The predicted molar refractivity (Wildman–Crippen MR) is 103 cm³/mol. The van der Waals surface area contributed by atoms with Gasteiger partial charge in [0.2, 0.25) is 10.0 Å². The molecule has 0 aliphatic rings. The minimum absolute atomic E-state index is 0.180. The third kappa shape index (κ3) is 5.14. The van der Waals surface area contributed by atoms with Gasteiger partial charge in [-0.05, 0) is 49.1 Å². The first kappa shape index (κ1) is 19.6. The zero-order valence-electron chi connectivity index (χ0n) is 15.4. The van der Waals surface area contributed by atoms with Crippen LogP contribution in [0.5, 0.6) is 0 Å². The molecule has 0 saturated carbocycles. The van der Waals surface area contributed by atoms with Crippen molar-refractivity contribution in [3.63, 3.8) is 0 Å². The van der Waals surface area contributed by atoms with Gasteiger partial charge in [-0.1, -0.05) is 49.4 Å². The molecule has 2 atom stereocenters. The van der Waals surface area contributed by atoms with Gasteiger partial charge in [-0.2, -0.15) is 0 Å². The molecule has 0 amide bonds. The average Bonchev–Trinajstić information content (AvgIpc) is 2.62. The second-order valence-corrected chi connectivity index (χ2v) is 8.78. The molecule has 0 heterocycles. The van der Waals surface area contributed by atoms with Crippen molar-refractivity contribution in [2.45, 2.75) is 37.1 Å². The minimum Gasteiger partial charge on any atom is -0.310 e. The van der Waals surface area contributed by atoms with Gasteiger partial charge < -0.3 is 5.32 Å². The molecule has 5 heteroatoms. The second-order valence-electron chi connectivity index (χ2n) is 6.63. The van der Waals surface area contributed by atoms with Crippen LogP contribution >= 0.6 is 0 Å². The number of rotatable bonds is 8. The van der Waals surface area contributed by atoms with Crippen molar-refractivity contribution >= 4 is 10.0 Å². The standard InChI is InChI=1S/C20H28N2O2S/c1-16(18-8-6-5-7-9-18)14-15-21-17(2)19-10-12-20(13-11-19)25(23,24)22(3)4/h5-13,16-17,21H,14-15H2,1-4H3. The van der Waals surface area contributed by atoms with E-state index in [9.17, 15) is 8.42 Å². The van der Waals surface area contributed by atoms with Crippen molar-refractivity contribution in [1.82, 2.24) is 9.62 Å². The summed E-state index contributed by atoms with van der Waals surface area (Å²) in [7, 11) is -0.279. The molecule has 0 saturated heterocycles. The molecule has 0 fully saturated rings. The van der Waals surface area contributed by atoms with Crippen molar-refractivity contribution in [3.05, 3.63) is 65.7 Å². The first-order chi connectivity index (χ1) is 11.8. The Bertz CT molecular complexity index is 756. The third-order valence-corrected chi connectivity index (χ3v) is 6.38. The highest BCUT2D eigenvalue weighted by molar-refractivity contribution is 7.89. The highest BCUT2D eigenvalue weighted by Crippen LogP contribution is 2.20. The molecule has 0 radical (unpaired) electrons. The zero-order chi connectivity index (χ0) is 18.4. The summed E-state index contributed by atoms with van der Waals surface area (Å²) in [5.41, 5.74) is 2.44. The smallest absolute Gasteiger partial charge is 0.242 e. The Hall–Kier alpha value is -1.69. The van der Waals surface area contributed by atoms with Crippen LogP contribution in [0.25, 0.3) is 0 Å². The van der Waals surface area contributed by atoms with Crippen LogP contribution in [0.4, 0.5) is 0 Å². The minimum atomic E-state index is -3.37. The third-order valence-electron chi connectivity index (χ3n) is 4.56. The van der Waals surface area contributed by atoms with Crippen molar-refractivity contribution < 1.29 is 8.42 Å². The lowest BCUT2D eigenvalue weighted by atomic mass is 9.98. The van der Waals surface area contributed by atoms with Crippen LogP contribution in [0.1, 0.15) is 43.4 Å². The molecular weight excluding hydrogens is 332 g/mol. The lowest BCUT2D eigenvalue weighted by Crippen LogP contribution is -2.23. The summed E-state index contributed by atoms with van der Waals surface area (Å²) in [5.74, 6) is 0.508. The number of sulfonamides is 1. The van der Waals surface area contributed by atoms with Crippen molar-refractivity contribution in [1.29, 1.82) is 0 Å². The van der Waals surface area contributed by atoms with Gasteiger partial charge in [0, 0.05) is 20.1 Å². The van der Waals surface area contributed by atoms with Crippen LogP contribution in [-0.4, -0.2) is 33.4 Å². The molecule has 2 aromatic carbocycles. The largest absolute Gasteiger partial charge is 0.310 e. The maximum Gasteiger partial charge on any atom is 0.242 e. The lowest BCUT2D eigenvalue weighted by Gasteiger charge is -2.18. The van der Waals surface area contributed by atoms with Crippen molar-refractivity contribution in [2.75, 3.05) is 20.6 Å². The lowest BCUT2D eigenvalue weighted by molar-refractivity contribution is 0.519. The molecular formula is C20H28N2O2S. The zero-order valence-corrected chi connectivity index (χ0v) is 16.3. The summed E-state index contributed by atoms with van der Waals surface area (Å²) >= 11 is 0. The molecule has 2 unspecified atom stereocenters. The van der Waals surface area contributed by atoms with Gasteiger partial charge in [-0.15, -0.1) is 0 Å². The number of nitrogens with one attached hydrogen (secondary N) is 1. The predicted octanol–water partition coefficient (Wildman–Crippen LogP) is 3.78. The molecule has 25 heavy (non-hydrogen) atoms. The summed E-state index contributed by atoms with van der Waals surface area (Å²) in [6.07, 6.45) is 1.06. The van der Waals surface area contributed by atoms with Gasteiger partial charge in [-0.25, -0.2) is 12.7 Å². The van der Waals surface area contributed by atoms with Gasteiger partial charge in [0.25, 0.3) is 0 Å². The fourth-order valence-corrected chi connectivity index (χ4v) is 3.62. The quantitative estimate of drug-likeness (QED) is 0.779. The van der Waals surface area contributed by atoms with E-state index in [-0.39, 0.29) is 6.04 Å². The highest BCUT2D eigenvalue weighted by Gasteiger charge is 2.17. The Morgan fingerprint density at radius 3 is 2.08 bits per heavy atom. The van der Waals surface area contributed by atoms with Gasteiger partial charge >= 0.3 is 0 Å². The Balaban J connectivity index is 1.90. The molecule has 0 bridgehead atoms. The molecule has 0 aliphatic carbocycles. The summed E-state index contributed by atoms with van der Waals surface area (Å²) < 4.78 is 25.4. The summed E-state index contributed by atoms with van der Waals surface area (Å²) in [6, 6.07) is 17.8. The number of nitrogens with zero attached hydrogens (tertiary/aromatic N) is 1. The van der Waals surface area contributed by atoms with Crippen molar-refractivity contribution in [2.24, 2.45) is 0 Å². The van der Waals surface area contributed by atoms with Crippen LogP contribution in [-0.2, 0) is 10.0 Å². The van der Waals surface area contributed by atoms with Crippen molar-refractivity contribution in [3.8, 4) is 0 Å². The van der Waals surface area contributed by atoms with E-state index in [0.717, 1.165) is 18.5 Å². The summed E-state index contributed by atoms with van der Waals surface area (Å²) in [4.78, 5) is 0.325.